The van der Waals surface area contributed by atoms with Crippen LogP contribution in [0.2, 0.25) is 0 Å². The first-order valence-corrected chi connectivity index (χ1v) is 10.7. The predicted octanol–water partition coefficient (Wildman–Crippen LogP) is 2.21. The Morgan fingerprint density at radius 3 is 2.67 bits per heavy atom. The molecule has 0 fully saturated rings. The summed E-state index contributed by atoms with van der Waals surface area (Å²) in [6, 6.07) is 8.38. The number of amides is 1. The van der Waals surface area contributed by atoms with Crippen LogP contribution in [0.25, 0.3) is 5.69 Å². The molecule has 1 aromatic heterocycles. The summed E-state index contributed by atoms with van der Waals surface area (Å²) >= 11 is 0. The van der Waals surface area contributed by atoms with E-state index in [4.69, 9.17) is 0 Å². The van der Waals surface area contributed by atoms with E-state index in [1.54, 1.807) is 17.9 Å². The fourth-order valence-corrected chi connectivity index (χ4v) is 4.76. The van der Waals surface area contributed by atoms with Gasteiger partial charge < -0.3 is 4.90 Å². The molecule has 156 valence electrons. The lowest BCUT2D eigenvalue weighted by atomic mass is 10.1. The van der Waals surface area contributed by atoms with Crippen LogP contribution in [0.1, 0.15) is 25.2 Å². The number of rotatable bonds is 4. The molecule has 2 aromatic carbocycles. The summed E-state index contributed by atoms with van der Waals surface area (Å²) < 4.78 is 43.8. The van der Waals surface area contributed by atoms with Gasteiger partial charge in [0, 0.05) is 18.7 Å². The van der Waals surface area contributed by atoms with Gasteiger partial charge in [-0.2, -0.15) is 4.68 Å². The fraction of sp³-hybridized carbons (Fsp3) is 0.263. The van der Waals surface area contributed by atoms with E-state index in [9.17, 15) is 17.6 Å². The molecule has 1 aliphatic rings. The number of sulfonamides is 1. The van der Waals surface area contributed by atoms with Crippen molar-refractivity contribution in [2.45, 2.75) is 38.1 Å². The minimum absolute atomic E-state index is 0.0118. The highest BCUT2D eigenvalue weighted by Gasteiger charge is 2.30. The zero-order valence-corrected chi connectivity index (χ0v) is 17.3. The van der Waals surface area contributed by atoms with Crippen molar-refractivity contribution in [1.82, 2.24) is 20.2 Å². The van der Waals surface area contributed by atoms with Gasteiger partial charge in [0.1, 0.15) is 5.82 Å². The van der Waals surface area contributed by atoms with Crippen molar-refractivity contribution < 1.29 is 17.6 Å². The number of aryl methyl sites for hydroxylation is 1. The SMILES string of the molecule is CC(=O)N1c2ccc(S(=O)(=O)Nc3cc(-n4nnnc4C)ccc3F)cc2C[C@H]1C. The molecule has 9 nitrogen and oxygen atoms in total. The largest absolute Gasteiger partial charge is 0.309 e. The number of nitrogens with one attached hydrogen (secondary N) is 1. The minimum Gasteiger partial charge on any atom is -0.309 e. The second kappa shape index (κ2) is 7.17. The maximum absolute atomic E-state index is 14.3. The lowest BCUT2D eigenvalue weighted by Gasteiger charge is -2.20. The Hall–Kier alpha value is -3.34. The molecule has 0 radical (unpaired) electrons. The molecule has 1 aliphatic heterocycles. The predicted molar refractivity (Wildman–Crippen MR) is 107 cm³/mol. The number of benzene rings is 2. The van der Waals surface area contributed by atoms with Crippen LogP contribution in [0.15, 0.2) is 41.3 Å². The number of fused-ring (bicyclic) bond motifs is 1. The van der Waals surface area contributed by atoms with Crippen LogP contribution in [0.5, 0.6) is 0 Å². The van der Waals surface area contributed by atoms with Crippen LogP contribution in [-0.2, 0) is 21.2 Å². The number of carbonyl (C=O) groups excluding carboxylic acids is 1. The van der Waals surface area contributed by atoms with Gasteiger partial charge in [-0.15, -0.1) is 5.10 Å². The average Bonchev–Trinajstić information content (AvgIpc) is 3.24. The average molecular weight is 430 g/mol. The van der Waals surface area contributed by atoms with E-state index in [1.165, 1.54) is 35.9 Å². The Bertz CT molecular complexity index is 1260. The molecular formula is C19H19FN6O3S. The number of tetrazole rings is 1. The van der Waals surface area contributed by atoms with Gasteiger partial charge in [-0.3, -0.25) is 9.52 Å². The molecule has 0 saturated carbocycles. The van der Waals surface area contributed by atoms with Crippen molar-refractivity contribution in [3.63, 3.8) is 0 Å². The first-order chi connectivity index (χ1) is 14.2. The summed E-state index contributed by atoms with van der Waals surface area (Å²) in [7, 11) is -4.06. The van der Waals surface area contributed by atoms with E-state index in [0.717, 1.165) is 11.6 Å². The van der Waals surface area contributed by atoms with Crippen molar-refractivity contribution in [2.75, 3.05) is 9.62 Å². The highest BCUT2D eigenvalue weighted by molar-refractivity contribution is 7.92. The maximum atomic E-state index is 14.3. The Balaban J connectivity index is 1.67. The third kappa shape index (κ3) is 3.41. The molecule has 0 saturated heterocycles. The quantitative estimate of drug-likeness (QED) is 0.680. The van der Waals surface area contributed by atoms with E-state index >= 15 is 0 Å². The van der Waals surface area contributed by atoms with Crippen molar-refractivity contribution in [2.24, 2.45) is 0 Å². The molecule has 30 heavy (non-hydrogen) atoms. The second-order valence-electron chi connectivity index (χ2n) is 7.14. The van der Waals surface area contributed by atoms with E-state index in [-0.39, 0.29) is 22.5 Å². The Morgan fingerprint density at radius 1 is 1.23 bits per heavy atom. The number of hydrogen-bond acceptors (Lipinski definition) is 6. The Labute approximate surface area is 172 Å². The standard InChI is InChI=1S/C19H19FN6O3S/c1-11-8-14-9-16(5-7-19(14)25(11)13(3)27)30(28,29)22-18-10-15(4-6-17(18)20)26-12(2)21-23-24-26/h4-7,9-11,22H,8H2,1-3H3/t11-/m1/s1. The van der Waals surface area contributed by atoms with Crippen LogP contribution in [0.4, 0.5) is 15.8 Å². The van der Waals surface area contributed by atoms with Gasteiger partial charge in [-0.25, -0.2) is 12.8 Å². The topological polar surface area (TPSA) is 110 Å². The zero-order valence-electron chi connectivity index (χ0n) is 16.5. The summed E-state index contributed by atoms with van der Waals surface area (Å²) in [5, 5.41) is 11.1. The molecule has 0 spiro atoms. The summed E-state index contributed by atoms with van der Waals surface area (Å²) in [5.41, 5.74) is 1.63. The summed E-state index contributed by atoms with van der Waals surface area (Å²) in [4.78, 5) is 13.5. The van der Waals surface area contributed by atoms with Crippen molar-refractivity contribution in [1.29, 1.82) is 0 Å². The summed E-state index contributed by atoms with van der Waals surface area (Å²) in [5.74, 6) is -0.365. The van der Waals surface area contributed by atoms with Gasteiger partial charge in [-0.1, -0.05) is 0 Å². The number of anilines is 2. The van der Waals surface area contributed by atoms with Gasteiger partial charge in [0.15, 0.2) is 5.82 Å². The van der Waals surface area contributed by atoms with Gasteiger partial charge in [0.05, 0.1) is 16.3 Å². The number of halogens is 1. The van der Waals surface area contributed by atoms with Crippen molar-refractivity contribution >= 4 is 27.3 Å². The second-order valence-corrected chi connectivity index (χ2v) is 8.82. The van der Waals surface area contributed by atoms with Gasteiger partial charge >= 0.3 is 0 Å². The summed E-state index contributed by atoms with van der Waals surface area (Å²) in [6.45, 7) is 5.04. The number of hydrogen-bond donors (Lipinski definition) is 1. The lowest BCUT2D eigenvalue weighted by molar-refractivity contribution is -0.116. The Morgan fingerprint density at radius 2 is 2.00 bits per heavy atom. The normalized spacial score (nSPS) is 15.9. The number of aromatic nitrogens is 4. The van der Waals surface area contributed by atoms with E-state index < -0.39 is 15.8 Å². The van der Waals surface area contributed by atoms with Gasteiger partial charge in [0.25, 0.3) is 10.0 Å². The molecule has 0 unspecified atom stereocenters. The third-order valence-electron chi connectivity index (χ3n) is 4.98. The first-order valence-electron chi connectivity index (χ1n) is 9.18. The van der Waals surface area contributed by atoms with Gasteiger partial charge in [-0.05, 0) is 72.7 Å². The summed E-state index contributed by atoms with van der Waals surface area (Å²) in [6.07, 6.45) is 0.542. The van der Waals surface area contributed by atoms with Crippen LogP contribution in [0, 0.1) is 12.7 Å². The van der Waals surface area contributed by atoms with Crippen LogP contribution < -0.4 is 9.62 Å². The molecule has 1 N–H and O–H groups in total. The smallest absolute Gasteiger partial charge is 0.261 e. The monoisotopic (exact) mass is 430 g/mol. The highest BCUT2D eigenvalue weighted by atomic mass is 32.2. The van der Waals surface area contributed by atoms with E-state index in [1.807, 2.05) is 6.92 Å². The molecule has 4 rings (SSSR count). The molecule has 0 bridgehead atoms. The van der Waals surface area contributed by atoms with Crippen LogP contribution in [-0.4, -0.2) is 40.6 Å². The van der Waals surface area contributed by atoms with E-state index in [0.29, 0.717) is 23.6 Å². The van der Waals surface area contributed by atoms with Crippen molar-refractivity contribution in [3.05, 3.63) is 53.6 Å². The van der Waals surface area contributed by atoms with Crippen LogP contribution >= 0.6 is 0 Å². The van der Waals surface area contributed by atoms with Crippen LogP contribution in [0.3, 0.4) is 0 Å². The zero-order chi connectivity index (χ0) is 21.6. The molecule has 2 heterocycles. The van der Waals surface area contributed by atoms with Crippen molar-refractivity contribution in [3.8, 4) is 5.69 Å². The Kier molecular flexibility index (Phi) is 4.77. The molecule has 1 atom stereocenters. The number of nitrogens with zero attached hydrogens (tertiary/aromatic N) is 5. The maximum Gasteiger partial charge on any atom is 0.261 e. The molecule has 0 aliphatic carbocycles. The third-order valence-corrected chi connectivity index (χ3v) is 6.34. The lowest BCUT2D eigenvalue weighted by Crippen LogP contribution is -2.33. The highest BCUT2D eigenvalue weighted by Crippen LogP contribution is 2.34. The van der Waals surface area contributed by atoms with E-state index in [2.05, 4.69) is 20.2 Å². The first kappa shape index (κ1) is 20.0. The minimum atomic E-state index is -4.06. The fourth-order valence-electron chi connectivity index (χ4n) is 3.65. The molecule has 3 aromatic rings. The molecule has 11 heteroatoms. The van der Waals surface area contributed by atoms with Gasteiger partial charge in [0.2, 0.25) is 5.91 Å². The number of carbonyl (C=O) groups is 1. The molecule has 1 amide bonds. The molecular weight excluding hydrogens is 411 g/mol.